The summed E-state index contributed by atoms with van der Waals surface area (Å²) in [7, 11) is 0. The van der Waals surface area contributed by atoms with Crippen LogP contribution in [-0.4, -0.2) is 23.1 Å². The molecule has 4 heteroatoms. The Morgan fingerprint density at radius 1 is 1.12 bits per heavy atom. The summed E-state index contributed by atoms with van der Waals surface area (Å²) in [4.78, 5) is 10.7. The lowest BCUT2D eigenvalue weighted by atomic mass is 10.2. The highest BCUT2D eigenvalue weighted by Gasteiger charge is 2.07. The van der Waals surface area contributed by atoms with E-state index in [1.165, 1.54) is 25.7 Å². The van der Waals surface area contributed by atoms with E-state index in [9.17, 15) is 0 Å². The number of nitrogens with zero attached hydrogens (tertiary/aromatic N) is 3. The van der Waals surface area contributed by atoms with Crippen molar-refractivity contribution >= 4 is 11.6 Å². The molecule has 0 amide bonds. The van der Waals surface area contributed by atoms with E-state index in [4.69, 9.17) is 5.73 Å². The van der Waals surface area contributed by atoms with E-state index in [-0.39, 0.29) is 0 Å². The van der Waals surface area contributed by atoms with Crippen LogP contribution in [0.25, 0.3) is 0 Å². The van der Waals surface area contributed by atoms with Gasteiger partial charge < -0.3 is 10.6 Å². The molecular weight excluding hydrogens is 200 g/mol. The summed E-state index contributed by atoms with van der Waals surface area (Å²) in [6.07, 6.45) is 8.13. The second kappa shape index (κ2) is 7.04. The number of anilines is 2. The van der Waals surface area contributed by atoms with Crippen LogP contribution in [0.2, 0.25) is 0 Å². The van der Waals surface area contributed by atoms with E-state index < -0.39 is 0 Å². The molecule has 1 aromatic heterocycles. The molecule has 4 nitrogen and oxygen atoms in total. The van der Waals surface area contributed by atoms with E-state index in [1.807, 2.05) is 0 Å². The lowest BCUT2D eigenvalue weighted by molar-refractivity contribution is 0.670. The molecule has 0 aliphatic rings. The van der Waals surface area contributed by atoms with Crippen LogP contribution in [0, 0.1) is 0 Å². The van der Waals surface area contributed by atoms with Crippen molar-refractivity contribution in [2.45, 2.75) is 39.5 Å². The number of nitrogens with two attached hydrogens (primary N) is 1. The van der Waals surface area contributed by atoms with Gasteiger partial charge in [-0.2, -0.15) is 0 Å². The largest absolute Gasteiger partial charge is 0.382 e. The second-order valence-corrected chi connectivity index (χ2v) is 4.00. The molecule has 0 aliphatic heterocycles. The molecule has 16 heavy (non-hydrogen) atoms. The van der Waals surface area contributed by atoms with E-state index in [0.717, 1.165) is 18.9 Å². The Balaban J connectivity index is 2.66. The van der Waals surface area contributed by atoms with Crippen LogP contribution in [0.5, 0.6) is 0 Å². The highest BCUT2D eigenvalue weighted by Crippen LogP contribution is 2.12. The van der Waals surface area contributed by atoms with Crippen LogP contribution in [0.4, 0.5) is 11.6 Å². The van der Waals surface area contributed by atoms with Gasteiger partial charge in [-0.3, -0.25) is 4.98 Å². The quantitative estimate of drug-likeness (QED) is 0.770. The molecule has 0 atom stereocenters. The molecule has 2 N–H and O–H groups in total. The Morgan fingerprint density at radius 3 is 2.25 bits per heavy atom. The predicted molar refractivity (Wildman–Crippen MR) is 68.5 cm³/mol. The maximum Gasteiger partial charge on any atom is 0.149 e. The van der Waals surface area contributed by atoms with Gasteiger partial charge in [-0.05, 0) is 12.8 Å². The molecule has 0 spiro atoms. The lowest BCUT2D eigenvalue weighted by Gasteiger charge is -2.23. The maximum atomic E-state index is 5.65. The summed E-state index contributed by atoms with van der Waals surface area (Å²) in [5.74, 6) is 1.40. The van der Waals surface area contributed by atoms with Crippen LogP contribution >= 0.6 is 0 Å². The predicted octanol–water partition coefficient (Wildman–Crippen LogP) is 2.47. The first-order valence-corrected chi connectivity index (χ1v) is 6.10. The summed E-state index contributed by atoms with van der Waals surface area (Å²) in [5.41, 5.74) is 5.65. The Labute approximate surface area is 97.9 Å². The SMILES string of the molecule is CCCCN(CCCC)c1cncc(N)n1. The van der Waals surface area contributed by atoms with Crippen molar-refractivity contribution in [2.75, 3.05) is 23.7 Å². The molecule has 0 saturated heterocycles. The average molecular weight is 222 g/mol. The zero-order valence-corrected chi connectivity index (χ0v) is 10.3. The normalized spacial score (nSPS) is 10.4. The van der Waals surface area contributed by atoms with Crippen molar-refractivity contribution < 1.29 is 0 Å². The van der Waals surface area contributed by atoms with E-state index in [1.54, 1.807) is 12.4 Å². The lowest BCUT2D eigenvalue weighted by Crippen LogP contribution is -2.26. The second-order valence-electron chi connectivity index (χ2n) is 4.00. The highest BCUT2D eigenvalue weighted by molar-refractivity contribution is 5.41. The minimum atomic E-state index is 0.496. The van der Waals surface area contributed by atoms with Gasteiger partial charge in [-0.25, -0.2) is 4.98 Å². The van der Waals surface area contributed by atoms with E-state index >= 15 is 0 Å². The Hall–Kier alpha value is -1.32. The number of unbranched alkanes of at least 4 members (excludes halogenated alkanes) is 2. The van der Waals surface area contributed by atoms with Crippen LogP contribution in [0.1, 0.15) is 39.5 Å². The Bertz CT molecular complexity index is 293. The first kappa shape index (κ1) is 12.7. The van der Waals surface area contributed by atoms with Gasteiger partial charge in [0.1, 0.15) is 11.6 Å². The molecule has 0 radical (unpaired) electrons. The van der Waals surface area contributed by atoms with Gasteiger partial charge in [-0.15, -0.1) is 0 Å². The minimum Gasteiger partial charge on any atom is -0.382 e. The van der Waals surface area contributed by atoms with E-state index in [0.29, 0.717) is 5.82 Å². The third-order valence-electron chi connectivity index (χ3n) is 2.53. The van der Waals surface area contributed by atoms with E-state index in [2.05, 4.69) is 28.7 Å². The third kappa shape index (κ3) is 4.04. The van der Waals surface area contributed by atoms with Gasteiger partial charge in [0.2, 0.25) is 0 Å². The summed E-state index contributed by atoms with van der Waals surface area (Å²) in [6, 6.07) is 0. The number of hydrogen-bond acceptors (Lipinski definition) is 4. The summed E-state index contributed by atoms with van der Waals surface area (Å²) in [5, 5.41) is 0. The van der Waals surface area contributed by atoms with Gasteiger partial charge >= 0.3 is 0 Å². The zero-order chi connectivity index (χ0) is 11.8. The number of aromatic nitrogens is 2. The molecule has 90 valence electrons. The first-order valence-electron chi connectivity index (χ1n) is 6.10. The molecule has 1 aromatic rings. The number of nitrogen functional groups attached to an aromatic ring is 1. The smallest absolute Gasteiger partial charge is 0.149 e. The monoisotopic (exact) mass is 222 g/mol. The molecule has 0 aromatic carbocycles. The van der Waals surface area contributed by atoms with Crippen molar-refractivity contribution in [1.82, 2.24) is 9.97 Å². The first-order chi connectivity index (χ1) is 7.77. The zero-order valence-electron chi connectivity index (χ0n) is 10.3. The molecule has 0 fully saturated rings. The van der Waals surface area contributed by atoms with Gasteiger partial charge in [0, 0.05) is 13.1 Å². The van der Waals surface area contributed by atoms with Gasteiger partial charge in [-0.1, -0.05) is 26.7 Å². The van der Waals surface area contributed by atoms with Crippen molar-refractivity contribution in [2.24, 2.45) is 0 Å². The summed E-state index contributed by atoms with van der Waals surface area (Å²) >= 11 is 0. The van der Waals surface area contributed by atoms with Crippen LogP contribution < -0.4 is 10.6 Å². The van der Waals surface area contributed by atoms with Gasteiger partial charge in [0.25, 0.3) is 0 Å². The minimum absolute atomic E-state index is 0.496. The van der Waals surface area contributed by atoms with Crippen molar-refractivity contribution in [3.8, 4) is 0 Å². The van der Waals surface area contributed by atoms with Crippen molar-refractivity contribution in [1.29, 1.82) is 0 Å². The average Bonchev–Trinajstić information content (AvgIpc) is 2.29. The molecule has 0 saturated carbocycles. The molecule has 0 unspecified atom stereocenters. The Kier molecular flexibility index (Phi) is 5.61. The fourth-order valence-electron chi connectivity index (χ4n) is 1.56. The van der Waals surface area contributed by atoms with Crippen molar-refractivity contribution in [3.63, 3.8) is 0 Å². The van der Waals surface area contributed by atoms with Crippen molar-refractivity contribution in [3.05, 3.63) is 12.4 Å². The van der Waals surface area contributed by atoms with Crippen LogP contribution in [-0.2, 0) is 0 Å². The fourth-order valence-corrected chi connectivity index (χ4v) is 1.56. The molecule has 1 rings (SSSR count). The number of hydrogen-bond donors (Lipinski definition) is 1. The topological polar surface area (TPSA) is 55.0 Å². The van der Waals surface area contributed by atoms with Crippen LogP contribution in [0.3, 0.4) is 0 Å². The molecule has 0 bridgehead atoms. The van der Waals surface area contributed by atoms with Gasteiger partial charge in [0.15, 0.2) is 0 Å². The molecule has 0 aliphatic carbocycles. The fraction of sp³-hybridized carbons (Fsp3) is 0.667. The maximum absolute atomic E-state index is 5.65. The van der Waals surface area contributed by atoms with Gasteiger partial charge in [0.05, 0.1) is 12.4 Å². The standard InChI is InChI=1S/C12H22N4/c1-3-5-7-16(8-6-4-2)12-10-14-9-11(13)15-12/h9-10H,3-8H2,1-2H3,(H2,13,15). The highest BCUT2D eigenvalue weighted by atomic mass is 15.2. The third-order valence-corrected chi connectivity index (χ3v) is 2.53. The summed E-state index contributed by atoms with van der Waals surface area (Å²) < 4.78 is 0. The Morgan fingerprint density at radius 2 is 1.75 bits per heavy atom. The summed E-state index contributed by atoms with van der Waals surface area (Å²) in [6.45, 7) is 6.47. The molecule has 1 heterocycles. The van der Waals surface area contributed by atoms with Crippen LogP contribution in [0.15, 0.2) is 12.4 Å². The molecular formula is C12H22N4. The number of rotatable bonds is 7.